The molecule has 0 radical (unpaired) electrons. The Kier molecular flexibility index (Phi) is 6.86. The maximum atomic E-state index is 12.9. The van der Waals surface area contributed by atoms with Gasteiger partial charge in [0.2, 0.25) is 0 Å². The molecule has 0 aliphatic rings. The number of likely N-dealkylation sites (N-methyl/N-ethyl adjacent to an activating group) is 1. The maximum Gasteiger partial charge on any atom is 0.416 e. The molecule has 4 nitrogen and oxygen atoms in total. The van der Waals surface area contributed by atoms with Gasteiger partial charge in [-0.2, -0.15) is 13.2 Å². The van der Waals surface area contributed by atoms with Crippen LogP contribution in [0.5, 0.6) is 5.75 Å². The molecule has 0 spiro atoms. The minimum Gasteiger partial charge on any atom is -0.488 e. The van der Waals surface area contributed by atoms with Crippen molar-refractivity contribution in [1.82, 2.24) is 4.90 Å². The van der Waals surface area contributed by atoms with Crippen molar-refractivity contribution < 1.29 is 27.8 Å². The van der Waals surface area contributed by atoms with Gasteiger partial charge in [0, 0.05) is 18.0 Å². The Morgan fingerprint density at radius 1 is 1.13 bits per heavy atom. The normalized spacial score (nSPS) is 11.4. The van der Waals surface area contributed by atoms with Crippen LogP contribution in [0, 0.1) is 0 Å². The van der Waals surface area contributed by atoms with Gasteiger partial charge in [0.25, 0.3) is 0 Å². The Bertz CT molecular complexity index is 1150. The van der Waals surface area contributed by atoms with Crippen LogP contribution in [-0.2, 0) is 17.6 Å². The molecular formula is C22H17BrF3NO3S. The van der Waals surface area contributed by atoms with Crippen molar-refractivity contribution in [2.75, 3.05) is 13.6 Å². The van der Waals surface area contributed by atoms with Gasteiger partial charge in [0.15, 0.2) is 0 Å². The van der Waals surface area contributed by atoms with Crippen molar-refractivity contribution in [2.24, 2.45) is 0 Å². The van der Waals surface area contributed by atoms with E-state index in [-0.39, 0.29) is 13.2 Å². The van der Waals surface area contributed by atoms with E-state index < -0.39 is 17.7 Å². The molecule has 0 bridgehead atoms. The zero-order valence-corrected chi connectivity index (χ0v) is 18.6. The largest absolute Gasteiger partial charge is 0.488 e. The van der Waals surface area contributed by atoms with E-state index >= 15 is 0 Å². The second-order valence-electron chi connectivity index (χ2n) is 6.82. The summed E-state index contributed by atoms with van der Waals surface area (Å²) in [7, 11) is 1.61. The number of ether oxygens (including phenoxy) is 1. The van der Waals surface area contributed by atoms with Crippen LogP contribution in [0.4, 0.5) is 13.2 Å². The standard InChI is InChI=1S/C22H17BrF3NO3S/c1-27(11-19(28)29)21(31)17-7-3-6-16-15(17)8-9-18(20(16)23)30-12-13-4-2-5-14(10-13)22(24,25)26/h2-10H,11-12H2,1H3,(H,28,29). The molecule has 0 fully saturated rings. The summed E-state index contributed by atoms with van der Waals surface area (Å²) in [5, 5.41) is 10.6. The Balaban J connectivity index is 1.87. The fourth-order valence-electron chi connectivity index (χ4n) is 3.08. The molecule has 1 N–H and O–H groups in total. The first-order chi connectivity index (χ1) is 14.6. The summed E-state index contributed by atoms with van der Waals surface area (Å²) in [4.78, 5) is 12.8. The third kappa shape index (κ3) is 5.34. The maximum absolute atomic E-state index is 12.9. The second-order valence-corrected chi connectivity index (χ2v) is 8.00. The zero-order chi connectivity index (χ0) is 22.8. The molecule has 31 heavy (non-hydrogen) atoms. The number of carbonyl (C=O) groups is 1. The molecule has 0 atom stereocenters. The highest BCUT2D eigenvalue weighted by atomic mass is 79.9. The number of carboxylic acid groups (broad SMARTS) is 1. The second kappa shape index (κ2) is 9.23. The number of hydrogen-bond donors (Lipinski definition) is 1. The molecule has 9 heteroatoms. The highest BCUT2D eigenvalue weighted by Crippen LogP contribution is 2.36. The molecule has 0 aliphatic carbocycles. The Morgan fingerprint density at radius 2 is 1.84 bits per heavy atom. The van der Waals surface area contributed by atoms with E-state index in [0.717, 1.165) is 22.9 Å². The summed E-state index contributed by atoms with van der Waals surface area (Å²) < 4.78 is 45.1. The Labute approximate surface area is 190 Å². The summed E-state index contributed by atoms with van der Waals surface area (Å²) in [6.45, 7) is -0.262. The van der Waals surface area contributed by atoms with Crippen molar-refractivity contribution in [2.45, 2.75) is 12.8 Å². The Morgan fingerprint density at radius 3 is 2.52 bits per heavy atom. The summed E-state index contributed by atoms with van der Waals surface area (Å²) in [6, 6.07) is 13.9. The molecule has 3 aromatic rings. The van der Waals surface area contributed by atoms with Crippen LogP contribution in [0.25, 0.3) is 10.8 Å². The van der Waals surface area contributed by atoms with Gasteiger partial charge in [-0.25, -0.2) is 0 Å². The van der Waals surface area contributed by atoms with Crippen molar-refractivity contribution in [3.63, 3.8) is 0 Å². The van der Waals surface area contributed by atoms with Gasteiger partial charge in [-0.15, -0.1) is 0 Å². The molecule has 162 valence electrons. The number of halogens is 4. The lowest BCUT2D eigenvalue weighted by molar-refractivity contribution is -0.138. The highest BCUT2D eigenvalue weighted by Gasteiger charge is 2.30. The van der Waals surface area contributed by atoms with E-state index in [1.807, 2.05) is 6.07 Å². The summed E-state index contributed by atoms with van der Waals surface area (Å²) >= 11 is 8.95. The zero-order valence-electron chi connectivity index (χ0n) is 16.2. The molecule has 0 heterocycles. The predicted octanol–water partition coefficient (Wildman–Crippen LogP) is 5.89. The molecular weight excluding hydrogens is 495 g/mol. The average molecular weight is 512 g/mol. The topological polar surface area (TPSA) is 49.8 Å². The van der Waals surface area contributed by atoms with E-state index in [1.54, 1.807) is 37.4 Å². The van der Waals surface area contributed by atoms with Crippen LogP contribution >= 0.6 is 28.1 Å². The number of aliphatic carboxylic acids is 1. The summed E-state index contributed by atoms with van der Waals surface area (Å²) in [5.74, 6) is -0.525. The first-order valence-corrected chi connectivity index (χ1v) is 10.3. The smallest absolute Gasteiger partial charge is 0.416 e. The third-order valence-electron chi connectivity index (χ3n) is 4.56. The quantitative estimate of drug-likeness (QED) is 0.418. The minimum absolute atomic E-state index is 0.0342. The molecule has 0 aromatic heterocycles. The van der Waals surface area contributed by atoms with E-state index in [2.05, 4.69) is 15.9 Å². The molecule has 0 amide bonds. The molecule has 0 unspecified atom stereocenters. The summed E-state index contributed by atoms with van der Waals surface area (Å²) in [5.41, 5.74) is 0.364. The van der Waals surface area contributed by atoms with Crippen LogP contribution < -0.4 is 4.74 Å². The number of carboxylic acids is 1. The number of nitrogens with zero attached hydrogens (tertiary/aromatic N) is 1. The lowest BCUT2D eigenvalue weighted by Gasteiger charge is -2.20. The van der Waals surface area contributed by atoms with E-state index in [1.165, 1.54) is 11.0 Å². The van der Waals surface area contributed by atoms with Crippen LogP contribution in [0.2, 0.25) is 0 Å². The van der Waals surface area contributed by atoms with Crippen LogP contribution in [-0.4, -0.2) is 34.6 Å². The first kappa shape index (κ1) is 23.0. The predicted molar refractivity (Wildman–Crippen MR) is 119 cm³/mol. The van der Waals surface area contributed by atoms with E-state index in [9.17, 15) is 18.0 Å². The van der Waals surface area contributed by atoms with E-state index in [4.69, 9.17) is 22.1 Å². The van der Waals surface area contributed by atoms with Gasteiger partial charge in [-0.3, -0.25) is 4.79 Å². The lowest BCUT2D eigenvalue weighted by atomic mass is 10.0. The lowest BCUT2D eigenvalue weighted by Crippen LogP contribution is -2.31. The number of benzene rings is 3. The van der Waals surface area contributed by atoms with Gasteiger partial charge in [0.1, 0.15) is 23.9 Å². The molecule has 0 aliphatic heterocycles. The number of hydrogen-bond acceptors (Lipinski definition) is 3. The molecule has 0 saturated heterocycles. The molecule has 3 aromatic carbocycles. The monoisotopic (exact) mass is 511 g/mol. The minimum atomic E-state index is -4.41. The van der Waals surface area contributed by atoms with E-state index in [0.29, 0.717) is 26.3 Å². The number of rotatable bonds is 6. The highest BCUT2D eigenvalue weighted by molar-refractivity contribution is 9.10. The number of alkyl halides is 3. The number of thiocarbonyl (C=S) groups is 1. The molecule has 0 saturated carbocycles. The molecule has 3 rings (SSSR count). The van der Waals surface area contributed by atoms with Crippen molar-refractivity contribution in [3.8, 4) is 5.75 Å². The SMILES string of the molecule is CN(CC(=O)O)C(=S)c1cccc2c(Br)c(OCc3cccc(C(F)(F)F)c3)ccc12. The fraction of sp³-hybridized carbons (Fsp3) is 0.182. The number of fused-ring (bicyclic) bond motifs is 1. The van der Waals surface area contributed by atoms with Crippen molar-refractivity contribution in [3.05, 3.63) is 75.8 Å². The van der Waals surface area contributed by atoms with Crippen molar-refractivity contribution >= 4 is 49.9 Å². The van der Waals surface area contributed by atoms with Gasteiger partial charge < -0.3 is 14.7 Å². The average Bonchev–Trinajstić information content (AvgIpc) is 2.71. The van der Waals surface area contributed by atoms with Gasteiger partial charge in [-0.1, -0.05) is 42.5 Å². The Hall–Kier alpha value is -2.65. The van der Waals surface area contributed by atoms with Crippen LogP contribution in [0.15, 0.2) is 59.1 Å². The first-order valence-electron chi connectivity index (χ1n) is 9.05. The third-order valence-corrected chi connectivity index (χ3v) is 5.91. The van der Waals surface area contributed by atoms with Gasteiger partial charge in [-0.05, 0) is 51.1 Å². The van der Waals surface area contributed by atoms with Crippen molar-refractivity contribution in [1.29, 1.82) is 0 Å². The van der Waals surface area contributed by atoms with Crippen LogP contribution in [0.1, 0.15) is 16.7 Å². The van der Waals surface area contributed by atoms with Gasteiger partial charge >= 0.3 is 12.1 Å². The van der Waals surface area contributed by atoms with Crippen LogP contribution in [0.3, 0.4) is 0 Å². The fourth-order valence-corrected chi connectivity index (χ4v) is 3.91. The van der Waals surface area contributed by atoms with Gasteiger partial charge in [0.05, 0.1) is 10.0 Å². The summed E-state index contributed by atoms with van der Waals surface area (Å²) in [6.07, 6.45) is -4.41.